The monoisotopic (exact) mass is 208 g/mol. The van der Waals surface area contributed by atoms with E-state index in [1.807, 2.05) is 24.3 Å². The van der Waals surface area contributed by atoms with Crippen molar-refractivity contribution < 1.29 is 8.83 Å². The van der Waals surface area contributed by atoms with Gasteiger partial charge in [-0.05, 0) is 23.8 Å². The number of rotatable bonds is 0. The normalized spacial score (nSPS) is 11.8. The smallest absolute Gasteiger partial charge is 0.136 e. The van der Waals surface area contributed by atoms with Crippen molar-refractivity contribution in [2.45, 2.75) is 0 Å². The van der Waals surface area contributed by atoms with Crippen LogP contribution in [0.15, 0.2) is 57.8 Å². The minimum atomic E-state index is 0.928. The highest BCUT2D eigenvalue weighted by molar-refractivity contribution is 6.15. The minimum Gasteiger partial charge on any atom is -0.472 e. The van der Waals surface area contributed by atoms with Crippen LogP contribution in [0.5, 0.6) is 0 Å². The van der Waals surface area contributed by atoms with E-state index < -0.39 is 0 Å². The van der Waals surface area contributed by atoms with Gasteiger partial charge in [-0.2, -0.15) is 0 Å². The van der Waals surface area contributed by atoms with Crippen LogP contribution >= 0.6 is 0 Å². The van der Waals surface area contributed by atoms with Gasteiger partial charge in [0.15, 0.2) is 0 Å². The first-order chi connectivity index (χ1) is 7.93. The second-order valence-corrected chi connectivity index (χ2v) is 3.91. The lowest BCUT2D eigenvalue weighted by atomic mass is 10.1. The van der Waals surface area contributed by atoms with Crippen molar-refractivity contribution >= 4 is 21.9 Å². The van der Waals surface area contributed by atoms with Gasteiger partial charge < -0.3 is 8.83 Å². The Balaban J connectivity index is 2.33. The molecule has 2 heterocycles. The van der Waals surface area contributed by atoms with E-state index in [1.54, 1.807) is 12.5 Å². The van der Waals surface area contributed by atoms with Crippen LogP contribution in [-0.4, -0.2) is 0 Å². The molecule has 0 bridgehead atoms. The Bertz CT molecular complexity index is 761. The van der Waals surface area contributed by atoms with Gasteiger partial charge in [0.1, 0.15) is 11.2 Å². The zero-order chi connectivity index (χ0) is 10.5. The largest absolute Gasteiger partial charge is 0.472 e. The topological polar surface area (TPSA) is 26.3 Å². The predicted octanol–water partition coefficient (Wildman–Crippen LogP) is 4.28. The number of furan rings is 1. The number of hydrogen-bond donors (Lipinski definition) is 0. The lowest BCUT2D eigenvalue weighted by molar-refractivity contribution is 0.552. The molecule has 4 rings (SSSR count). The van der Waals surface area contributed by atoms with Gasteiger partial charge in [-0.25, -0.2) is 0 Å². The molecule has 16 heavy (non-hydrogen) atoms. The Morgan fingerprint density at radius 2 is 1.88 bits per heavy atom. The second kappa shape index (κ2) is 2.67. The molecule has 76 valence electrons. The van der Waals surface area contributed by atoms with Gasteiger partial charge >= 0.3 is 0 Å². The van der Waals surface area contributed by atoms with Crippen LogP contribution in [0.4, 0.5) is 0 Å². The molecule has 2 aromatic rings. The number of para-hydroxylation sites is 1. The Morgan fingerprint density at radius 1 is 0.938 bits per heavy atom. The van der Waals surface area contributed by atoms with Gasteiger partial charge in [-0.3, -0.25) is 0 Å². The molecule has 0 saturated carbocycles. The Kier molecular flexibility index (Phi) is 1.33. The van der Waals surface area contributed by atoms with E-state index in [0.717, 1.165) is 33.1 Å². The molecule has 0 amide bonds. The summed E-state index contributed by atoms with van der Waals surface area (Å²) < 4.78 is 11.0. The quantitative estimate of drug-likeness (QED) is 0.431. The Morgan fingerprint density at radius 3 is 2.88 bits per heavy atom. The van der Waals surface area contributed by atoms with E-state index in [9.17, 15) is 0 Å². The van der Waals surface area contributed by atoms with Crippen molar-refractivity contribution in [2.75, 3.05) is 0 Å². The molecule has 2 aliphatic rings. The van der Waals surface area contributed by atoms with Crippen LogP contribution in [0.3, 0.4) is 0 Å². The number of benzene rings is 1. The van der Waals surface area contributed by atoms with Crippen LogP contribution in [0, 0.1) is 0 Å². The molecule has 1 aliphatic heterocycles. The lowest BCUT2D eigenvalue weighted by Gasteiger charge is -1.96. The van der Waals surface area contributed by atoms with E-state index in [1.165, 1.54) is 0 Å². The summed E-state index contributed by atoms with van der Waals surface area (Å²) >= 11 is 0. The average Bonchev–Trinajstić information content (AvgIpc) is 2.83. The second-order valence-electron chi connectivity index (χ2n) is 3.91. The Hall–Kier alpha value is -2.22. The summed E-state index contributed by atoms with van der Waals surface area (Å²) in [5, 5.41) is 2.30. The molecule has 0 spiro atoms. The fraction of sp³-hybridized carbons (Fsp3) is 0. The van der Waals surface area contributed by atoms with Crippen molar-refractivity contribution in [3.8, 4) is 11.1 Å². The van der Waals surface area contributed by atoms with Crippen molar-refractivity contribution in [1.82, 2.24) is 0 Å². The van der Waals surface area contributed by atoms with Gasteiger partial charge in [-0.15, -0.1) is 0 Å². The Labute approximate surface area is 91.4 Å². The van der Waals surface area contributed by atoms with E-state index in [0.29, 0.717) is 0 Å². The summed E-state index contributed by atoms with van der Waals surface area (Å²) in [6, 6.07) is 12.1. The molecule has 2 nitrogen and oxygen atoms in total. The molecule has 0 fully saturated rings. The molecule has 1 aliphatic carbocycles. The third kappa shape index (κ3) is 0.865. The fourth-order valence-corrected chi connectivity index (χ4v) is 2.29. The van der Waals surface area contributed by atoms with Gasteiger partial charge in [0.05, 0.1) is 12.5 Å². The zero-order valence-corrected chi connectivity index (χ0v) is 8.44. The first kappa shape index (κ1) is 7.99. The maximum atomic E-state index is 5.80. The molecule has 1 aromatic carbocycles. The van der Waals surface area contributed by atoms with E-state index in [4.69, 9.17) is 8.83 Å². The molecular weight excluding hydrogens is 200 g/mol. The van der Waals surface area contributed by atoms with E-state index in [2.05, 4.69) is 12.1 Å². The summed E-state index contributed by atoms with van der Waals surface area (Å²) in [5.41, 5.74) is 4.13. The van der Waals surface area contributed by atoms with Crippen molar-refractivity contribution in [2.24, 2.45) is 0 Å². The standard InChI is InChI=1S/C14H8O2/c1-2-4-12-10(3-1)14-11-8-15-6-5-9(11)7-13(14)16-12/h1-8H. The average molecular weight is 208 g/mol. The van der Waals surface area contributed by atoms with Gasteiger partial charge in [0.2, 0.25) is 0 Å². The third-order valence-corrected chi connectivity index (χ3v) is 3.00. The van der Waals surface area contributed by atoms with E-state index >= 15 is 0 Å². The zero-order valence-electron chi connectivity index (χ0n) is 8.44. The maximum absolute atomic E-state index is 5.80. The predicted molar refractivity (Wildman–Crippen MR) is 62.6 cm³/mol. The summed E-state index contributed by atoms with van der Waals surface area (Å²) in [6.45, 7) is 0. The number of fused-ring (bicyclic) bond motifs is 5. The third-order valence-electron chi connectivity index (χ3n) is 3.00. The first-order valence-electron chi connectivity index (χ1n) is 5.20. The highest BCUT2D eigenvalue weighted by Crippen LogP contribution is 2.40. The molecule has 1 aromatic heterocycles. The van der Waals surface area contributed by atoms with Crippen LogP contribution in [0.1, 0.15) is 0 Å². The van der Waals surface area contributed by atoms with E-state index in [-0.39, 0.29) is 0 Å². The summed E-state index contributed by atoms with van der Waals surface area (Å²) in [7, 11) is 0. The summed E-state index contributed by atoms with van der Waals surface area (Å²) in [4.78, 5) is 0. The minimum absolute atomic E-state index is 0.928. The highest BCUT2D eigenvalue weighted by Gasteiger charge is 2.16. The molecule has 2 heteroatoms. The SMILES string of the molecule is c1ccc2c(c1)oc1cc3ccocc-3c12. The summed E-state index contributed by atoms with van der Waals surface area (Å²) in [6.07, 6.45) is 3.46. The highest BCUT2D eigenvalue weighted by atomic mass is 16.3. The van der Waals surface area contributed by atoms with Crippen molar-refractivity contribution in [3.63, 3.8) is 0 Å². The molecule has 0 radical (unpaired) electrons. The number of hydrogen-bond acceptors (Lipinski definition) is 2. The molecule has 0 unspecified atom stereocenters. The molecule has 0 atom stereocenters. The van der Waals surface area contributed by atoms with Crippen LogP contribution in [-0.2, 0) is 0 Å². The van der Waals surface area contributed by atoms with Crippen molar-refractivity contribution in [1.29, 1.82) is 0 Å². The maximum Gasteiger partial charge on any atom is 0.136 e. The van der Waals surface area contributed by atoms with Gasteiger partial charge in [0, 0.05) is 16.3 Å². The van der Waals surface area contributed by atoms with Crippen molar-refractivity contribution in [3.05, 3.63) is 48.9 Å². The lowest BCUT2D eigenvalue weighted by Crippen LogP contribution is -1.71. The van der Waals surface area contributed by atoms with Gasteiger partial charge in [0.25, 0.3) is 0 Å². The molecular formula is C14H8O2. The van der Waals surface area contributed by atoms with Crippen LogP contribution in [0.2, 0.25) is 0 Å². The van der Waals surface area contributed by atoms with Crippen LogP contribution in [0.25, 0.3) is 33.1 Å². The fourth-order valence-electron chi connectivity index (χ4n) is 2.29. The molecule has 0 N–H and O–H groups in total. The summed E-state index contributed by atoms with van der Waals surface area (Å²) in [5.74, 6) is 0. The van der Waals surface area contributed by atoms with Gasteiger partial charge in [-0.1, -0.05) is 18.2 Å². The molecule has 0 saturated heterocycles. The van der Waals surface area contributed by atoms with Crippen LogP contribution < -0.4 is 0 Å². The first-order valence-corrected chi connectivity index (χ1v) is 5.20.